The summed E-state index contributed by atoms with van der Waals surface area (Å²) >= 11 is 0. The summed E-state index contributed by atoms with van der Waals surface area (Å²) in [6.07, 6.45) is 0. The third-order valence-corrected chi connectivity index (χ3v) is 0. The van der Waals surface area contributed by atoms with E-state index in [1.165, 1.54) is 0 Å². The molecule has 0 saturated heterocycles. The molecule has 102 valence electrons. The monoisotopic (exact) mass is 346 g/mol. The topological polar surface area (TPSA) is 243 Å². The van der Waals surface area contributed by atoms with E-state index in [2.05, 4.69) is 0 Å². The zero-order chi connectivity index (χ0) is 14.3. The Bertz CT molecular complexity index is 67.1. The van der Waals surface area contributed by atoms with Crippen molar-refractivity contribution in [3.63, 3.8) is 0 Å². The van der Waals surface area contributed by atoms with Crippen molar-refractivity contribution in [2.75, 3.05) is 0 Å². The standard InChI is InChI=1S/4BH3O3.Li.Sr.3H/c4*2-1(3)4;;;;;/h4*2-4H;;;;;. The fourth-order valence-corrected chi connectivity index (χ4v) is 0. The van der Waals surface area contributed by atoms with Crippen LogP contribution in [0.2, 0.25) is 0 Å². The molecule has 0 aromatic carbocycles. The maximum atomic E-state index is 7.17. The average molecular weight is 345 g/mol. The third-order valence-electron chi connectivity index (χ3n) is 0. The van der Waals surface area contributed by atoms with Gasteiger partial charge in [0.2, 0.25) is 0 Å². The Kier molecular flexibility index (Phi) is 64.0. The van der Waals surface area contributed by atoms with Gasteiger partial charge in [-0.05, 0) is 0 Å². The summed E-state index contributed by atoms with van der Waals surface area (Å²) in [6.45, 7) is 0. The normalized spacial score (nSPS) is 6.00. The molecule has 12 N–H and O–H groups in total. The van der Waals surface area contributed by atoms with E-state index in [-0.39, 0.29) is 64.3 Å². The van der Waals surface area contributed by atoms with Gasteiger partial charge in [0.1, 0.15) is 0 Å². The molecule has 0 aliphatic rings. The zero-order valence-electron chi connectivity index (χ0n) is 7.68. The molecule has 0 rings (SSSR count). The molecule has 0 atom stereocenters. The Hall–Kier alpha value is 1.86. The predicted octanol–water partition coefficient (Wildman–Crippen LogP) is -9.77. The fourth-order valence-electron chi connectivity index (χ4n) is 0. The van der Waals surface area contributed by atoms with Gasteiger partial charge in [-0.3, -0.25) is 0 Å². The second-order valence-corrected chi connectivity index (χ2v) is 1.39. The molecule has 0 aromatic heterocycles. The van der Waals surface area contributed by atoms with Crippen molar-refractivity contribution in [1.29, 1.82) is 0 Å². The summed E-state index contributed by atoms with van der Waals surface area (Å²) in [5.74, 6) is 0. The van der Waals surface area contributed by atoms with Crippen LogP contribution in [-0.4, -0.2) is 154 Å². The fraction of sp³-hybridized carbons (Fsp3) is 0. The van der Waals surface area contributed by atoms with E-state index >= 15 is 0 Å². The van der Waals surface area contributed by atoms with Gasteiger partial charge in [-0.1, -0.05) is 0 Å². The van der Waals surface area contributed by atoms with E-state index in [9.17, 15) is 0 Å². The first kappa shape index (κ1) is 36.8. The van der Waals surface area contributed by atoms with Crippen molar-refractivity contribution < 1.29 is 60.3 Å². The van der Waals surface area contributed by atoms with Crippen LogP contribution in [0.25, 0.3) is 0 Å². The second kappa shape index (κ2) is 31.3. The van der Waals surface area contributed by atoms with Crippen LogP contribution >= 0.6 is 0 Å². The van der Waals surface area contributed by atoms with Crippen molar-refractivity contribution in [2.45, 2.75) is 0 Å². The molecule has 0 bridgehead atoms. The number of hydrogen-bond acceptors (Lipinski definition) is 12. The first-order valence-corrected chi connectivity index (χ1v) is 3.10. The first-order valence-electron chi connectivity index (χ1n) is 3.10. The van der Waals surface area contributed by atoms with Crippen LogP contribution < -0.4 is 0 Å². The van der Waals surface area contributed by atoms with Crippen molar-refractivity contribution in [1.82, 2.24) is 0 Å². The Balaban J connectivity index is -0.0000000257. The molecule has 0 amide bonds. The second-order valence-electron chi connectivity index (χ2n) is 1.39. The Morgan fingerprint density at radius 2 is 0.333 bits per heavy atom. The molecule has 0 unspecified atom stereocenters. The van der Waals surface area contributed by atoms with Crippen LogP contribution in [0.3, 0.4) is 0 Å². The number of rotatable bonds is 0. The van der Waals surface area contributed by atoms with E-state index in [0.717, 1.165) is 0 Å². The van der Waals surface area contributed by atoms with Gasteiger partial charge in [-0.15, -0.1) is 0 Å². The first-order chi connectivity index (χ1) is 6.93. The summed E-state index contributed by atoms with van der Waals surface area (Å²) in [5, 5.41) is 86.0. The van der Waals surface area contributed by atoms with E-state index < -0.39 is 29.3 Å². The SMILES string of the molecule is OB(O)O.OB(O)O.OB(O)O.OB(O)O.[LiH].[SrH2]. The van der Waals surface area contributed by atoms with Crippen LogP contribution in [0.5, 0.6) is 0 Å². The Labute approximate surface area is 152 Å². The average Bonchev–Trinajstić information content (AvgIpc) is 1.76. The molecule has 0 fully saturated rings. The Morgan fingerprint density at radius 1 is 0.333 bits per heavy atom. The molecule has 12 nitrogen and oxygen atoms in total. The molecule has 0 aliphatic carbocycles. The van der Waals surface area contributed by atoms with Gasteiger partial charge in [0, 0.05) is 0 Å². The minimum atomic E-state index is -2.17. The van der Waals surface area contributed by atoms with Gasteiger partial charge in [-0.2, -0.15) is 0 Å². The molecule has 0 saturated carbocycles. The van der Waals surface area contributed by atoms with Crippen LogP contribution in [0.4, 0.5) is 0 Å². The molecule has 0 spiro atoms. The van der Waals surface area contributed by atoms with Gasteiger partial charge >= 0.3 is 93.6 Å². The summed E-state index contributed by atoms with van der Waals surface area (Å²) in [7, 11) is -8.67. The van der Waals surface area contributed by atoms with Crippen LogP contribution in [0, 0.1) is 0 Å². The zero-order valence-corrected chi connectivity index (χ0v) is 7.68. The molecule has 18 heavy (non-hydrogen) atoms. The van der Waals surface area contributed by atoms with Crippen molar-refractivity contribution in [3.05, 3.63) is 0 Å². The van der Waals surface area contributed by atoms with Crippen LogP contribution in [0.15, 0.2) is 0 Å². The molecular formula is H15B4LiO12Sr. The van der Waals surface area contributed by atoms with E-state index in [1.54, 1.807) is 0 Å². The van der Waals surface area contributed by atoms with Gasteiger partial charge in [0.05, 0.1) is 0 Å². The summed E-state index contributed by atoms with van der Waals surface area (Å²) in [6, 6.07) is 0. The molecule has 0 radical (unpaired) electrons. The molecule has 18 heteroatoms. The van der Waals surface area contributed by atoms with Gasteiger partial charge in [-0.25, -0.2) is 0 Å². The van der Waals surface area contributed by atoms with E-state index in [4.69, 9.17) is 60.3 Å². The predicted molar refractivity (Wildman–Crippen MR) is 65.3 cm³/mol. The molecule has 0 aromatic rings. The summed E-state index contributed by atoms with van der Waals surface area (Å²) in [5.41, 5.74) is 0. The molecule has 0 aliphatic heterocycles. The third kappa shape index (κ3) is 1470. The van der Waals surface area contributed by atoms with Gasteiger partial charge in [0.25, 0.3) is 0 Å². The number of hydrogen-bond donors (Lipinski definition) is 12. The van der Waals surface area contributed by atoms with E-state index in [0.29, 0.717) is 0 Å². The Morgan fingerprint density at radius 3 is 0.333 bits per heavy atom. The van der Waals surface area contributed by atoms with Crippen LogP contribution in [0.1, 0.15) is 0 Å². The van der Waals surface area contributed by atoms with Crippen molar-refractivity contribution in [2.24, 2.45) is 0 Å². The molecular weight excluding hydrogens is 330 g/mol. The summed E-state index contributed by atoms with van der Waals surface area (Å²) in [4.78, 5) is 0. The van der Waals surface area contributed by atoms with Gasteiger partial charge in [0.15, 0.2) is 0 Å². The quantitative estimate of drug-likeness (QED) is 0.183. The minimum absolute atomic E-state index is 0. The van der Waals surface area contributed by atoms with Crippen LogP contribution in [-0.2, 0) is 0 Å². The maximum absolute atomic E-state index is 7.17. The summed E-state index contributed by atoms with van der Waals surface area (Å²) < 4.78 is 0. The molecule has 0 heterocycles. The van der Waals surface area contributed by atoms with Gasteiger partial charge < -0.3 is 60.3 Å². The van der Waals surface area contributed by atoms with Crippen molar-refractivity contribution >= 4 is 93.6 Å². The van der Waals surface area contributed by atoms with E-state index in [1.807, 2.05) is 0 Å². The van der Waals surface area contributed by atoms with Crippen molar-refractivity contribution in [3.8, 4) is 0 Å².